The first-order valence-corrected chi connectivity index (χ1v) is 33.0. The normalized spacial score (nSPS) is 13.0. The maximum absolute atomic E-state index is 12.6. The number of benzene rings is 8. The van der Waals surface area contributed by atoms with Gasteiger partial charge >= 0.3 is 161 Å². The fourth-order valence-electron chi connectivity index (χ4n) is 9.54. The number of para-hydroxylation sites is 1. The summed E-state index contributed by atoms with van der Waals surface area (Å²) in [5, 5.41) is 23.5. The molecule has 3 N–H and O–H groups in total. The Hall–Kier alpha value is -9.97. The molecule has 8 aromatic rings. The average Bonchev–Trinajstić information content (AvgIpc) is 1.63. The zero-order valence-corrected chi connectivity index (χ0v) is 73.5. The number of anilines is 2. The standard InChI is InChI=1S/C17H13BrN2O.C17H18N.C15H9ClNO.C15H14NO3.C14H12NO3.5CO2.4Na/c1-2-10-20-15-9-8-12(18)11-14(15)16(17(20)21)19-13-6-4-3-5-7-13;1-14(2)17-10-8-16(9-11-17)13-18-12-15-6-4-3-5-7-15;16-11-6-7-14-12(9-11)13(15(18)17-14)8-10-4-2-1-3-5-10;1-3-19-15(18)13-10(2)16-12(14(13)17)9-11-7-5-4-6-8-11;1-9-12(14(17)18-2)13(16)11(15-9)8-10-6-4-3-5-7-10;5*2-1-3;;;;/h2-9,11H,1,10H2;3-4,6-11,13-14H,12H2,1-2H3;1-2,4-9H,(H,17,18);5-9,17H,3H2,1-2H3;4-8,16H,1-2H3;;;;;;;;;/q;4*-1;;;;;;4*+1/b;;13-8-;12-9+;11-8+;;;;;;;;;. The summed E-state index contributed by atoms with van der Waals surface area (Å²) in [7, 11) is 1.27. The minimum absolute atomic E-state index is 0. The monoisotopic (exact) mass is 1640 g/mol. The molecule has 0 saturated carbocycles. The second-order valence-corrected chi connectivity index (χ2v) is 23.0. The van der Waals surface area contributed by atoms with Gasteiger partial charge in [-0.1, -0.05) is 96.0 Å². The molecule has 8 aromatic carbocycles. The summed E-state index contributed by atoms with van der Waals surface area (Å²) in [6, 6.07) is 70.9. The van der Waals surface area contributed by atoms with Crippen molar-refractivity contribution in [2.75, 3.05) is 30.5 Å². The number of carbonyl (C=O) groups excluding carboxylic acids is 14. The number of hydrogen-bond donors (Lipinski definition) is 3. The fraction of sp³-hybridized carbons (Fsp3) is 0.120. The molecule has 12 rings (SSSR count). The van der Waals surface area contributed by atoms with Gasteiger partial charge in [0, 0.05) is 51.2 Å². The number of ether oxygens (including phenoxy) is 2. The Bertz CT molecular complexity index is 4850. The summed E-state index contributed by atoms with van der Waals surface area (Å²) >= 11 is 9.42. The number of fused-ring (bicyclic) bond motifs is 2. The Morgan fingerprint density at radius 2 is 1.13 bits per heavy atom. The number of methoxy groups -OCH3 is 1. The Morgan fingerprint density at radius 1 is 0.619 bits per heavy atom. The SMILES string of the molecule is C=CCN1C(=O)C(=Nc2ccccc2)c2cc(Br)ccc21.CC(C)c1ccc(C=NCc2c[c-]ccc2)cc1.CCOC(=O)C1=C(O)/C(=C\c2cc[c-]cc2)N=C1C.COC(=O)C1=C(O)/C(=C\c2cc[c-]cc2)N=C1C.O=C1Nc2ccc(Cl)cc2/C1=C/c1c[c-]ccc1.O=C=O.O=C=O.O=C=O.O=C=O.O=C=O.[Na+].[Na+].[Na+].[Na+]. The van der Waals surface area contributed by atoms with E-state index in [-0.39, 0.29) is 190 Å². The van der Waals surface area contributed by atoms with E-state index >= 15 is 0 Å². The molecule has 554 valence electrons. The van der Waals surface area contributed by atoms with Crippen molar-refractivity contribution in [1.82, 2.24) is 0 Å². The summed E-state index contributed by atoms with van der Waals surface area (Å²) in [5.74, 6) is -1.03. The van der Waals surface area contributed by atoms with Gasteiger partial charge in [0.2, 0.25) is 0 Å². The van der Waals surface area contributed by atoms with Crippen LogP contribution in [0.5, 0.6) is 0 Å². The molecule has 0 atom stereocenters. The molecule has 30 heteroatoms. The Morgan fingerprint density at radius 3 is 1.60 bits per heavy atom. The van der Waals surface area contributed by atoms with E-state index in [0.29, 0.717) is 58.1 Å². The first-order chi connectivity index (χ1) is 52.5. The van der Waals surface area contributed by atoms with Crippen molar-refractivity contribution in [3.05, 3.63) is 313 Å². The summed E-state index contributed by atoms with van der Waals surface area (Å²) < 4.78 is 10.4. The molecule has 4 aliphatic heterocycles. The van der Waals surface area contributed by atoms with Crippen molar-refractivity contribution in [1.29, 1.82) is 0 Å². The van der Waals surface area contributed by atoms with Crippen LogP contribution >= 0.6 is 27.5 Å². The van der Waals surface area contributed by atoms with Crippen LogP contribution in [0.15, 0.2) is 259 Å². The molecular weight excluding hydrogens is 1580 g/mol. The van der Waals surface area contributed by atoms with Gasteiger partial charge in [0.15, 0.2) is 11.5 Å². The quantitative estimate of drug-likeness (QED) is 0.0371. The van der Waals surface area contributed by atoms with Gasteiger partial charge in [0.25, 0.3) is 11.8 Å². The van der Waals surface area contributed by atoms with E-state index in [1.165, 1.54) is 18.2 Å². The van der Waals surface area contributed by atoms with E-state index in [4.69, 9.17) is 64.3 Å². The van der Waals surface area contributed by atoms with Crippen LogP contribution < -0.4 is 128 Å². The minimum atomic E-state index is -0.585. The minimum Gasteiger partial charge on any atom is -0.505 e. The van der Waals surface area contributed by atoms with Gasteiger partial charge in [0.05, 0.1) is 36.5 Å². The van der Waals surface area contributed by atoms with Crippen LogP contribution in [-0.2, 0) is 83.1 Å². The van der Waals surface area contributed by atoms with E-state index in [2.05, 4.69) is 121 Å². The van der Waals surface area contributed by atoms with Gasteiger partial charge in [-0.15, -0.1) is 28.8 Å². The predicted molar refractivity (Wildman–Crippen MR) is 405 cm³/mol. The molecule has 113 heavy (non-hydrogen) atoms. The molecule has 4 aliphatic rings. The van der Waals surface area contributed by atoms with Crippen LogP contribution in [0.1, 0.15) is 85.0 Å². The van der Waals surface area contributed by atoms with E-state index in [1.54, 1.807) is 80.3 Å². The topological polar surface area (TPSA) is 363 Å². The second kappa shape index (κ2) is 59.7. The summed E-state index contributed by atoms with van der Waals surface area (Å²) in [4.78, 5) is 148. The van der Waals surface area contributed by atoms with Gasteiger partial charge in [-0.3, -0.25) is 9.59 Å². The third kappa shape index (κ3) is 36.2. The number of aliphatic hydroxyl groups is 2. The Kier molecular flexibility index (Phi) is 55.6. The molecule has 0 aromatic heterocycles. The molecule has 4 heterocycles. The number of hydrogen-bond acceptors (Lipinski definition) is 22. The number of aliphatic imine (C=N–C) groups is 4. The van der Waals surface area contributed by atoms with Crippen molar-refractivity contribution >= 4 is 146 Å². The summed E-state index contributed by atoms with van der Waals surface area (Å²) in [6.07, 6.45) is 10.1. The van der Waals surface area contributed by atoms with E-state index < -0.39 is 11.9 Å². The predicted octanol–water partition coefficient (Wildman–Crippen LogP) is 2.03. The van der Waals surface area contributed by atoms with Crippen LogP contribution in [0.2, 0.25) is 5.02 Å². The molecule has 0 bridgehead atoms. The first kappa shape index (κ1) is 105. The van der Waals surface area contributed by atoms with Crippen molar-refractivity contribution in [2.45, 2.75) is 47.1 Å². The molecular formula is C83H66BrClN6Na4O18. The number of nitrogens with one attached hydrogen (secondary N) is 1. The number of esters is 2. The molecule has 0 saturated heterocycles. The van der Waals surface area contributed by atoms with Crippen molar-refractivity contribution in [3.8, 4) is 0 Å². The van der Waals surface area contributed by atoms with Crippen molar-refractivity contribution < 1.29 is 205 Å². The summed E-state index contributed by atoms with van der Waals surface area (Å²) in [6.45, 7) is 14.6. The smallest absolute Gasteiger partial charge is 0.505 e. The first-order valence-electron chi connectivity index (χ1n) is 31.8. The van der Waals surface area contributed by atoms with Gasteiger partial charge in [-0.2, -0.15) is 169 Å². The van der Waals surface area contributed by atoms with Crippen LogP contribution in [0.3, 0.4) is 0 Å². The summed E-state index contributed by atoms with van der Waals surface area (Å²) in [5.41, 5.74) is 13.5. The van der Waals surface area contributed by atoms with Crippen LogP contribution in [0.4, 0.5) is 17.1 Å². The fourth-order valence-corrected chi connectivity index (χ4v) is 10.1. The number of nitrogens with zero attached hydrogens (tertiary/aromatic N) is 5. The van der Waals surface area contributed by atoms with Crippen molar-refractivity contribution in [3.63, 3.8) is 0 Å². The van der Waals surface area contributed by atoms with Gasteiger partial charge in [0.1, 0.15) is 28.3 Å². The van der Waals surface area contributed by atoms with E-state index in [0.717, 1.165) is 54.9 Å². The van der Waals surface area contributed by atoms with Crippen LogP contribution in [-0.4, -0.2) is 108 Å². The van der Waals surface area contributed by atoms with Crippen LogP contribution in [0.25, 0.3) is 23.8 Å². The Labute approximate surface area is 753 Å². The molecule has 0 fully saturated rings. The number of aliphatic hydroxyl groups excluding tert-OH is 2. The second-order valence-electron chi connectivity index (χ2n) is 21.6. The number of amides is 2. The maximum Gasteiger partial charge on any atom is 1.00 e. The van der Waals surface area contributed by atoms with Gasteiger partial charge in [-0.25, -0.2) is 24.6 Å². The molecule has 24 nitrogen and oxygen atoms in total. The Balaban J connectivity index is 0. The number of carbonyl (C=O) groups is 4. The number of rotatable bonds is 13. The molecule has 0 aliphatic carbocycles. The van der Waals surface area contributed by atoms with Gasteiger partial charge in [-0.05, 0) is 98.5 Å². The molecule has 2 amide bonds. The largest absolute Gasteiger partial charge is 1.00 e. The van der Waals surface area contributed by atoms with E-state index in [1.807, 2.05) is 134 Å². The zero-order valence-electron chi connectivity index (χ0n) is 63.1. The third-order valence-electron chi connectivity index (χ3n) is 14.2. The van der Waals surface area contributed by atoms with Crippen LogP contribution in [0, 0.1) is 24.3 Å². The number of halogens is 2. The molecule has 0 unspecified atom stereocenters. The zero-order chi connectivity index (χ0) is 80.6. The third-order valence-corrected chi connectivity index (χ3v) is 14.9. The molecule has 0 radical (unpaired) electrons. The van der Waals surface area contributed by atoms with E-state index in [9.17, 15) is 29.4 Å². The van der Waals surface area contributed by atoms with Crippen molar-refractivity contribution in [2.24, 2.45) is 20.0 Å². The maximum atomic E-state index is 12.6. The van der Waals surface area contributed by atoms with Gasteiger partial charge < -0.3 is 34.9 Å². The average molecular weight is 1640 g/mol. The molecule has 0 spiro atoms.